The quantitative estimate of drug-likeness (QED) is 0.600. The lowest BCUT2D eigenvalue weighted by molar-refractivity contribution is -0.134. The number of para-hydroxylation sites is 1. The zero-order valence-electron chi connectivity index (χ0n) is 17.3. The van der Waals surface area contributed by atoms with Crippen molar-refractivity contribution in [3.05, 3.63) is 54.9 Å². The summed E-state index contributed by atoms with van der Waals surface area (Å²) in [6.07, 6.45) is 5.24. The second-order valence-electron chi connectivity index (χ2n) is 7.73. The molecule has 0 saturated carbocycles. The van der Waals surface area contributed by atoms with Crippen LogP contribution in [0, 0.1) is 5.92 Å². The third kappa shape index (κ3) is 5.33. The fourth-order valence-electron chi connectivity index (χ4n) is 3.75. The molecule has 0 atom stereocenters. The summed E-state index contributed by atoms with van der Waals surface area (Å²) in [5.74, 6) is 1.39. The van der Waals surface area contributed by atoms with Gasteiger partial charge in [0.05, 0.1) is 12.8 Å². The molecule has 4 rings (SSSR count). The summed E-state index contributed by atoms with van der Waals surface area (Å²) in [7, 11) is 0. The number of ether oxygens (including phenoxy) is 2. The van der Waals surface area contributed by atoms with Crippen LogP contribution in [0.1, 0.15) is 12.8 Å². The smallest absolute Gasteiger partial charge is 0.260 e. The molecule has 0 aliphatic carbocycles. The van der Waals surface area contributed by atoms with Crippen molar-refractivity contribution >= 4 is 22.8 Å². The zero-order valence-corrected chi connectivity index (χ0v) is 17.3. The zero-order chi connectivity index (χ0) is 21.6. The second-order valence-corrected chi connectivity index (χ2v) is 7.73. The predicted octanol–water partition coefficient (Wildman–Crippen LogP) is 2.22. The number of pyridine rings is 1. The number of fused-ring (bicyclic) bond motifs is 1. The molecule has 0 bridgehead atoms. The van der Waals surface area contributed by atoms with E-state index < -0.39 is 5.91 Å². The molecule has 8 nitrogen and oxygen atoms in total. The molecule has 162 valence electrons. The third-order valence-electron chi connectivity index (χ3n) is 5.46. The van der Waals surface area contributed by atoms with E-state index >= 15 is 0 Å². The van der Waals surface area contributed by atoms with Crippen LogP contribution in [-0.2, 0) is 16.1 Å². The van der Waals surface area contributed by atoms with Gasteiger partial charge in [-0.2, -0.15) is 0 Å². The van der Waals surface area contributed by atoms with Crippen LogP contribution >= 0.6 is 0 Å². The van der Waals surface area contributed by atoms with Gasteiger partial charge in [0.15, 0.2) is 6.61 Å². The lowest BCUT2D eigenvalue weighted by Crippen LogP contribution is -2.41. The molecular formula is C23H26N4O4. The lowest BCUT2D eigenvalue weighted by atomic mass is 9.98. The maximum absolute atomic E-state index is 12.4. The van der Waals surface area contributed by atoms with Gasteiger partial charge in [-0.3, -0.25) is 9.59 Å². The number of carbonyl (C=O) groups is 2. The van der Waals surface area contributed by atoms with Gasteiger partial charge in [-0.1, -0.05) is 18.2 Å². The molecule has 3 aromatic rings. The van der Waals surface area contributed by atoms with E-state index in [1.165, 1.54) is 0 Å². The van der Waals surface area contributed by atoms with Crippen molar-refractivity contribution in [2.75, 3.05) is 26.3 Å². The number of benzene rings is 1. The molecule has 8 heteroatoms. The topological polar surface area (TPSA) is 99.7 Å². The molecule has 1 aliphatic heterocycles. The number of piperidine rings is 1. The lowest BCUT2D eigenvalue weighted by Gasteiger charge is -2.31. The molecular weight excluding hydrogens is 396 g/mol. The average Bonchev–Trinajstić information content (AvgIpc) is 3.18. The molecule has 1 fully saturated rings. The van der Waals surface area contributed by atoms with Gasteiger partial charge in [-0.15, -0.1) is 0 Å². The van der Waals surface area contributed by atoms with Gasteiger partial charge in [0.25, 0.3) is 5.91 Å². The monoisotopic (exact) mass is 422 g/mol. The van der Waals surface area contributed by atoms with Gasteiger partial charge in [-0.25, -0.2) is 4.98 Å². The Morgan fingerprint density at radius 3 is 2.58 bits per heavy atom. The minimum absolute atomic E-state index is 0.0124. The molecule has 0 radical (unpaired) electrons. The van der Waals surface area contributed by atoms with Crippen molar-refractivity contribution in [1.82, 2.24) is 14.5 Å². The van der Waals surface area contributed by atoms with E-state index in [2.05, 4.69) is 4.98 Å². The third-order valence-corrected chi connectivity index (χ3v) is 5.46. The number of amides is 2. The Bertz CT molecular complexity index is 1040. The number of hydrogen-bond acceptors (Lipinski definition) is 5. The highest BCUT2D eigenvalue weighted by Gasteiger charge is 2.23. The Balaban J connectivity index is 1.23. The Morgan fingerprint density at radius 1 is 1.06 bits per heavy atom. The van der Waals surface area contributed by atoms with Gasteiger partial charge < -0.3 is 24.7 Å². The van der Waals surface area contributed by atoms with Crippen molar-refractivity contribution in [3.8, 4) is 11.5 Å². The van der Waals surface area contributed by atoms with Crippen LogP contribution in [0.5, 0.6) is 11.5 Å². The number of carbonyl (C=O) groups excluding carboxylic acids is 2. The van der Waals surface area contributed by atoms with Gasteiger partial charge in [0.2, 0.25) is 5.91 Å². The molecule has 3 heterocycles. The largest absolute Gasteiger partial charge is 0.492 e. The minimum Gasteiger partial charge on any atom is -0.492 e. The van der Waals surface area contributed by atoms with Crippen LogP contribution in [0.4, 0.5) is 0 Å². The number of nitrogens with zero attached hydrogens (tertiary/aromatic N) is 3. The summed E-state index contributed by atoms with van der Waals surface area (Å²) in [6.45, 7) is 2.16. The standard InChI is InChI=1S/C23H26N4O4/c24-21(28)14-27-11-8-18-12-20(13-25-23(18)27)30-15-17-6-9-26(10-7-17)22(29)16-31-19-4-2-1-3-5-19/h1-5,8,11-13,17H,6-7,9-10,14-16H2,(H2,24,28). The van der Waals surface area contributed by atoms with Gasteiger partial charge in [-0.05, 0) is 43.0 Å². The van der Waals surface area contributed by atoms with Gasteiger partial charge in [0.1, 0.15) is 23.7 Å². The average molecular weight is 422 g/mol. The maximum Gasteiger partial charge on any atom is 0.260 e. The number of likely N-dealkylation sites (tertiary alicyclic amines) is 1. The fourth-order valence-corrected chi connectivity index (χ4v) is 3.75. The first-order chi connectivity index (χ1) is 15.1. The molecule has 0 spiro atoms. The number of nitrogens with two attached hydrogens (primary N) is 1. The summed E-state index contributed by atoms with van der Waals surface area (Å²) < 4.78 is 13.2. The van der Waals surface area contributed by atoms with E-state index in [1.54, 1.807) is 17.0 Å². The first-order valence-corrected chi connectivity index (χ1v) is 10.4. The number of hydrogen-bond donors (Lipinski definition) is 1. The number of aromatic nitrogens is 2. The molecule has 2 N–H and O–H groups in total. The molecule has 0 unspecified atom stereocenters. The highest BCUT2D eigenvalue weighted by Crippen LogP contribution is 2.23. The molecule has 1 aromatic carbocycles. The summed E-state index contributed by atoms with van der Waals surface area (Å²) in [5, 5.41) is 0.901. The summed E-state index contributed by atoms with van der Waals surface area (Å²) >= 11 is 0. The summed E-state index contributed by atoms with van der Waals surface area (Å²) in [4.78, 5) is 29.8. The van der Waals surface area contributed by atoms with E-state index in [1.807, 2.05) is 47.4 Å². The second kappa shape index (κ2) is 9.51. The predicted molar refractivity (Wildman–Crippen MR) is 116 cm³/mol. The van der Waals surface area contributed by atoms with E-state index in [4.69, 9.17) is 15.2 Å². The SMILES string of the molecule is NC(=O)Cn1ccc2cc(OCC3CCN(C(=O)COc4ccccc4)CC3)cnc21. The van der Waals surface area contributed by atoms with Crippen molar-refractivity contribution in [2.45, 2.75) is 19.4 Å². The van der Waals surface area contributed by atoms with E-state index in [9.17, 15) is 9.59 Å². The van der Waals surface area contributed by atoms with Crippen LogP contribution in [-0.4, -0.2) is 52.6 Å². The van der Waals surface area contributed by atoms with Crippen molar-refractivity contribution < 1.29 is 19.1 Å². The van der Waals surface area contributed by atoms with Gasteiger partial charge in [0, 0.05) is 24.7 Å². The van der Waals surface area contributed by atoms with E-state index in [0.717, 1.165) is 18.2 Å². The van der Waals surface area contributed by atoms with Crippen molar-refractivity contribution in [1.29, 1.82) is 0 Å². The van der Waals surface area contributed by atoms with Crippen LogP contribution in [0.25, 0.3) is 11.0 Å². The first kappa shape index (κ1) is 20.7. The Labute approximate surface area is 180 Å². The molecule has 1 saturated heterocycles. The Morgan fingerprint density at radius 2 is 1.84 bits per heavy atom. The number of primary amides is 1. The Hall–Kier alpha value is -3.55. The van der Waals surface area contributed by atoms with Crippen LogP contribution < -0.4 is 15.2 Å². The fraction of sp³-hybridized carbons (Fsp3) is 0.348. The summed E-state index contributed by atoms with van der Waals surface area (Å²) in [6, 6.07) is 13.2. The van der Waals surface area contributed by atoms with Crippen LogP contribution in [0.2, 0.25) is 0 Å². The van der Waals surface area contributed by atoms with Crippen LogP contribution in [0.15, 0.2) is 54.9 Å². The summed E-state index contributed by atoms with van der Waals surface area (Å²) in [5.41, 5.74) is 5.97. The number of rotatable bonds is 8. The molecule has 1 aliphatic rings. The molecule has 2 aromatic heterocycles. The maximum atomic E-state index is 12.4. The van der Waals surface area contributed by atoms with Crippen LogP contribution in [0.3, 0.4) is 0 Å². The minimum atomic E-state index is -0.406. The highest BCUT2D eigenvalue weighted by molar-refractivity contribution is 5.80. The molecule has 31 heavy (non-hydrogen) atoms. The van der Waals surface area contributed by atoms with E-state index in [0.29, 0.717) is 42.8 Å². The van der Waals surface area contributed by atoms with Crippen molar-refractivity contribution in [3.63, 3.8) is 0 Å². The van der Waals surface area contributed by atoms with Gasteiger partial charge >= 0.3 is 0 Å². The van der Waals surface area contributed by atoms with Crippen molar-refractivity contribution in [2.24, 2.45) is 11.7 Å². The Kier molecular flexibility index (Phi) is 6.35. The first-order valence-electron chi connectivity index (χ1n) is 10.4. The highest BCUT2D eigenvalue weighted by atomic mass is 16.5. The normalized spacial score (nSPS) is 14.5. The van der Waals surface area contributed by atoms with E-state index in [-0.39, 0.29) is 19.1 Å². The molecule has 2 amide bonds.